The Morgan fingerprint density at radius 1 is 1.50 bits per heavy atom. The zero-order valence-electron chi connectivity index (χ0n) is 10.2. The van der Waals surface area contributed by atoms with Gasteiger partial charge in [-0.1, -0.05) is 13.8 Å². The highest BCUT2D eigenvalue weighted by atomic mass is 16.2. The average Bonchev–Trinajstić information content (AvgIpc) is 2.20. The van der Waals surface area contributed by atoms with Crippen molar-refractivity contribution in [1.82, 2.24) is 9.47 Å². The van der Waals surface area contributed by atoms with E-state index in [2.05, 4.69) is 0 Å². The molecule has 0 spiro atoms. The Kier molecular flexibility index (Phi) is 3.88. The molecule has 1 rings (SSSR count). The molecule has 0 atom stereocenters. The van der Waals surface area contributed by atoms with Crippen LogP contribution in [-0.2, 0) is 7.05 Å². The van der Waals surface area contributed by atoms with Crippen molar-refractivity contribution in [2.24, 2.45) is 13.0 Å². The van der Waals surface area contributed by atoms with Crippen molar-refractivity contribution in [2.75, 3.05) is 13.6 Å². The molecule has 1 amide bonds. The van der Waals surface area contributed by atoms with Crippen LogP contribution in [0.5, 0.6) is 0 Å². The van der Waals surface area contributed by atoms with Gasteiger partial charge >= 0.3 is 0 Å². The number of nitrogens with zero attached hydrogens (tertiary/aromatic N) is 2. The molecule has 0 aliphatic rings. The molecule has 88 valence electrons. The van der Waals surface area contributed by atoms with Gasteiger partial charge in [0.05, 0.1) is 0 Å². The normalized spacial score (nSPS) is 10.6. The highest BCUT2D eigenvalue weighted by Crippen LogP contribution is 2.03. The number of aromatic nitrogens is 1. The van der Waals surface area contributed by atoms with Gasteiger partial charge in [-0.05, 0) is 12.0 Å². The minimum atomic E-state index is -0.163. The lowest BCUT2D eigenvalue weighted by atomic mass is 10.2. The minimum Gasteiger partial charge on any atom is -0.341 e. The Labute approximate surface area is 95.5 Å². The summed E-state index contributed by atoms with van der Waals surface area (Å²) >= 11 is 0. The molecule has 0 aliphatic carbocycles. The zero-order chi connectivity index (χ0) is 12.3. The molecule has 0 saturated carbocycles. The number of aryl methyl sites for hydroxylation is 1. The van der Waals surface area contributed by atoms with E-state index in [0.29, 0.717) is 18.0 Å². The van der Waals surface area contributed by atoms with Crippen LogP contribution >= 0.6 is 0 Å². The van der Waals surface area contributed by atoms with Gasteiger partial charge in [-0.3, -0.25) is 9.59 Å². The summed E-state index contributed by atoms with van der Waals surface area (Å²) in [6.07, 6.45) is 1.61. The van der Waals surface area contributed by atoms with Crippen molar-refractivity contribution < 1.29 is 4.79 Å². The maximum absolute atomic E-state index is 11.9. The average molecular weight is 222 g/mol. The van der Waals surface area contributed by atoms with E-state index in [0.717, 1.165) is 0 Å². The van der Waals surface area contributed by atoms with E-state index in [4.69, 9.17) is 0 Å². The number of carbonyl (C=O) groups excluding carboxylic acids is 1. The molecule has 4 heteroatoms. The second-order valence-corrected chi connectivity index (χ2v) is 4.44. The minimum absolute atomic E-state index is 0.105. The van der Waals surface area contributed by atoms with E-state index in [9.17, 15) is 9.59 Å². The van der Waals surface area contributed by atoms with Crippen LogP contribution in [-0.4, -0.2) is 29.0 Å². The van der Waals surface area contributed by atoms with Crippen LogP contribution in [0.25, 0.3) is 0 Å². The summed E-state index contributed by atoms with van der Waals surface area (Å²) < 4.78 is 1.44. The van der Waals surface area contributed by atoms with Crippen LogP contribution in [0.1, 0.15) is 24.2 Å². The van der Waals surface area contributed by atoms with Gasteiger partial charge in [0.25, 0.3) is 11.5 Å². The van der Waals surface area contributed by atoms with Crippen LogP contribution < -0.4 is 5.56 Å². The Balaban J connectivity index is 2.88. The first-order chi connectivity index (χ1) is 7.41. The van der Waals surface area contributed by atoms with Crippen molar-refractivity contribution in [3.8, 4) is 0 Å². The van der Waals surface area contributed by atoms with E-state index < -0.39 is 0 Å². The van der Waals surface area contributed by atoms with Crippen molar-refractivity contribution in [3.63, 3.8) is 0 Å². The van der Waals surface area contributed by atoms with E-state index in [1.54, 1.807) is 31.3 Å². The maximum Gasteiger partial charge on any atom is 0.253 e. The third-order valence-electron chi connectivity index (χ3n) is 2.34. The molecule has 0 radical (unpaired) electrons. The van der Waals surface area contributed by atoms with Crippen LogP contribution in [0.15, 0.2) is 23.1 Å². The summed E-state index contributed by atoms with van der Waals surface area (Å²) in [6, 6.07) is 3.04. The summed E-state index contributed by atoms with van der Waals surface area (Å²) in [6.45, 7) is 4.79. The van der Waals surface area contributed by atoms with Gasteiger partial charge in [0.1, 0.15) is 0 Å². The molecule has 0 aromatic carbocycles. The topological polar surface area (TPSA) is 42.3 Å². The number of hydrogen-bond acceptors (Lipinski definition) is 2. The third-order valence-corrected chi connectivity index (χ3v) is 2.34. The summed E-state index contributed by atoms with van der Waals surface area (Å²) in [5.74, 6) is 0.312. The van der Waals surface area contributed by atoms with E-state index >= 15 is 0 Å². The molecule has 0 fully saturated rings. The first-order valence-electron chi connectivity index (χ1n) is 5.34. The number of hydrogen-bond donors (Lipinski definition) is 0. The second-order valence-electron chi connectivity index (χ2n) is 4.44. The van der Waals surface area contributed by atoms with E-state index in [1.165, 1.54) is 10.6 Å². The molecule has 0 aliphatic heterocycles. The lowest BCUT2D eigenvalue weighted by Crippen LogP contribution is -2.31. The molecule has 16 heavy (non-hydrogen) atoms. The second kappa shape index (κ2) is 4.96. The Morgan fingerprint density at radius 3 is 2.62 bits per heavy atom. The van der Waals surface area contributed by atoms with Crippen LogP contribution in [0, 0.1) is 5.92 Å². The molecule has 1 aromatic heterocycles. The Bertz CT molecular complexity index is 435. The van der Waals surface area contributed by atoms with Crippen molar-refractivity contribution >= 4 is 5.91 Å². The zero-order valence-corrected chi connectivity index (χ0v) is 10.2. The van der Waals surface area contributed by atoms with Gasteiger partial charge in [0.2, 0.25) is 0 Å². The predicted molar refractivity (Wildman–Crippen MR) is 63.5 cm³/mol. The van der Waals surface area contributed by atoms with E-state index in [1.807, 2.05) is 13.8 Å². The van der Waals surface area contributed by atoms with Gasteiger partial charge in [0.15, 0.2) is 0 Å². The fraction of sp³-hybridized carbons (Fsp3) is 0.500. The molecule has 1 aromatic rings. The highest BCUT2D eigenvalue weighted by Gasteiger charge is 2.13. The molecular weight excluding hydrogens is 204 g/mol. The van der Waals surface area contributed by atoms with Crippen molar-refractivity contribution in [3.05, 3.63) is 34.2 Å². The Morgan fingerprint density at radius 2 is 2.12 bits per heavy atom. The smallest absolute Gasteiger partial charge is 0.253 e. The first-order valence-corrected chi connectivity index (χ1v) is 5.34. The maximum atomic E-state index is 11.9. The standard InChI is InChI=1S/C12H18N2O2/c1-9(2)8-14(4)12(16)10-5-6-13(3)11(15)7-10/h5-7,9H,8H2,1-4H3. The van der Waals surface area contributed by atoms with Crippen LogP contribution in [0.3, 0.4) is 0 Å². The van der Waals surface area contributed by atoms with Crippen molar-refractivity contribution in [1.29, 1.82) is 0 Å². The van der Waals surface area contributed by atoms with Crippen LogP contribution in [0.2, 0.25) is 0 Å². The SMILES string of the molecule is CC(C)CN(C)C(=O)c1ccn(C)c(=O)c1. The lowest BCUT2D eigenvalue weighted by Gasteiger charge is -2.19. The van der Waals surface area contributed by atoms with E-state index in [-0.39, 0.29) is 11.5 Å². The third kappa shape index (κ3) is 2.95. The number of rotatable bonds is 3. The molecule has 1 heterocycles. The molecule has 0 N–H and O–H groups in total. The summed E-state index contributed by atoms with van der Waals surface area (Å²) in [7, 11) is 3.41. The predicted octanol–water partition coefficient (Wildman–Crippen LogP) is 1.11. The summed E-state index contributed by atoms with van der Waals surface area (Å²) in [5, 5.41) is 0. The lowest BCUT2D eigenvalue weighted by molar-refractivity contribution is 0.0779. The fourth-order valence-electron chi connectivity index (χ4n) is 1.53. The van der Waals surface area contributed by atoms with Crippen molar-refractivity contribution in [2.45, 2.75) is 13.8 Å². The number of carbonyl (C=O) groups is 1. The number of amides is 1. The summed E-state index contributed by atoms with van der Waals surface area (Å²) in [4.78, 5) is 24.9. The first kappa shape index (κ1) is 12.5. The summed E-state index contributed by atoms with van der Waals surface area (Å²) in [5.41, 5.74) is 0.287. The molecule has 0 bridgehead atoms. The van der Waals surface area contributed by atoms with Gasteiger partial charge in [-0.25, -0.2) is 0 Å². The Hall–Kier alpha value is -1.58. The molecule has 0 unspecified atom stereocenters. The molecule has 0 saturated heterocycles. The quantitative estimate of drug-likeness (QED) is 0.769. The number of pyridine rings is 1. The van der Waals surface area contributed by atoms with Gasteiger partial charge in [0, 0.05) is 38.5 Å². The monoisotopic (exact) mass is 222 g/mol. The van der Waals surface area contributed by atoms with Gasteiger partial charge < -0.3 is 9.47 Å². The van der Waals surface area contributed by atoms with Gasteiger partial charge in [-0.15, -0.1) is 0 Å². The molecule has 4 nitrogen and oxygen atoms in total. The largest absolute Gasteiger partial charge is 0.341 e. The fourth-order valence-corrected chi connectivity index (χ4v) is 1.53. The van der Waals surface area contributed by atoms with Crippen LogP contribution in [0.4, 0.5) is 0 Å². The molecular formula is C12H18N2O2. The highest BCUT2D eigenvalue weighted by molar-refractivity contribution is 5.93. The van der Waals surface area contributed by atoms with Gasteiger partial charge in [-0.2, -0.15) is 0 Å².